The van der Waals surface area contributed by atoms with Gasteiger partial charge in [-0.25, -0.2) is 9.97 Å². The third-order valence-electron chi connectivity index (χ3n) is 2.07. The van der Waals surface area contributed by atoms with Crippen molar-refractivity contribution in [2.75, 3.05) is 23.6 Å². The minimum atomic E-state index is 0.427. The summed E-state index contributed by atoms with van der Waals surface area (Å²) in [7, 11) is 0. The summed E-state index contributed by atoms with van der Waals surface area (Å²) in [6, 6.07) is 2.19. The van der Waals surface area contributed by atoms with Gasteiger partial charge in [0.2, 0.25) is 0 Å². The lowest BCUT2D eigenvalue weighted by Crippen LogP contribution is -2.21. The maximum Gasteiger partial charge on any atom is 0.190 e. The Balaban J connectivity index is 2.74. The zero-order valence-corrected chi connectivity index (χ0v) is 12.0. The summed E-state index contributed by atoms with van der Waals surface area (Å²) in [5.74, 6) is 1.87. The maximum absolute atomic E-state index is 5.92. The Labute approximate surface area is 110 Å². The molecule has 90 valence electrons. The standard InChI is InChI=1S/C10H16ClN3S2/c1-4-7(6-15-2)12-9-5-8(11)13-10(14-9)16-3/h5,7H,4,6H2,1-3H3,(H,12,13,14). The van der Waals surface area contributed by atoms with Crippen molar-refractivity contribution in [1.29, 1.82) is 0 Å². The van der Waals surface area contributed by atoms with Gasteiger partial charge in [0.05, 0.1) is 0 Å². The van der Waals surface area contributed by atoms with Crippen LogP contribution < -0.4 is 5.32 Å². The highest BCUT2D eigenvalue weighted by Gasteiger charge is 2.08. The number of nitrogens with zero attached hydrogens (tertiary/aromatic N) is 2. The first-order valence-electron chi connectivity index (χ1n) is 5.03. The van der Waals surface area contributed by atoms with E-state index < -0.39 is 0 Å². The van der Waals surface area contributed by atoms with E-state index in [-0.39, 0.29) is 0 Å². The first kappa shape index (κ1) is 13.9. The second-order valence-corrected chi connectivity index (χ2v) is 5.34. The molecule has 0 saturated heterocycles. The molecular weight excluding hydrogens is 262 g/mol. The van der Waals surface area contributed by atoms with Crippen molar-refractivity contribution < 1.29 is 0 Å². The van der Waals surface area contributed by atoms with Crippen molar-refractivity contribution in [3.8, 4) is 0 Å². The quantitative estimate of drug-likeness (QED) is 0.490. The summed E-state index contributed by atoms with van der Waals surface area (Å²) in [4.78, 5) is 8.47. The van der Waals surface area contributed by atoms with Crippen LogP contribution in [0.3, 0.4) is 0 Å². The summed E-state index contributed by atoms with van der Waals surface area (Å²) in [6.07, 6.45) is 5.11. The Morgan fingerprint density at radius 2 is 2.19 bits per heavy atom. The summed E-state index contributed by atoms with van der Waals surface area (Å²) in [6.45, 7) is 2.16. The van der Waals surface area contributed by atoms with E-state index in [1.54, 1.807) is 6.07 Å². The Bertz CT molecular complexity index is 336. The molecule has 1 rings (SSSR count). The number of halogens is 1. The van der Waals surface area contributed by atoms with E-state index in [1.165, 1.54) is 11.8 Å². The number of hydrogen-bond donors (Lipinski definition) is 1. The molecule has 1 heterocycles. The lowest BCUT2D eigenvalue weighted by molar-refractivity contribution is 0.764. The predicted octanol–water partition coefficient (Wildman–Crippen LogP) is 3.41. The molecule has 0 aliphatic heterocycles. The molecule has 0 fully saturated rings. The predicted molar refractivity (Wildman–Crippen MR) is 74.9 cm³/mol. The van der Waals surface area contributed by atoms with Crippen molar-refractivity contribution in [1.82, 2.24) is 9.97 Å². The summed E-state index contributed by atoms with van der Waals surface area (Å²) in [5.41, 5.74) is 0. The van der Waals surface area contributed by atoms with Gasteiger partial charge >= 0.3 is 0 Å². The molecule has 6 heteroatoms. The Hall–Kier alpha value is -0.130. The van der Waals surface area contributed by atoms with Crippen LogP contribution in [-0.4, -0.2) is 34.3 Å². The number of thioether (sulfide) groups is 2. The van der Waals surface area contributed by atoms with E-state index in [4.69, 9.17) is 11.6 Å². The van der Waals surface area contributed by atoms with Crippen LogP contribution in [0, 0.1) is 0 Å². The monoisotopic (exact) mass is 277 g/mol. The summed E-state index contributed by atoms with van der Waals surface area (Å²) < 4.78 is 0. The van der Waals surface area contributed by atoms with Crippen LogP contribution in [0.15, 0.2) is 11.2 Å². The van der Waals surface area contributed by atoms with Gasteiger partial charge in [0.1, 0.15) is 11.0 Å². The van der Waals surface area contributed by atoms with Crippen LogP contribution in [-0.2, 0) is 0 Å². The number of aromatic nitrogens is 2. The van der Waals surface area contributed by atoms with Crippen LogP contribution in [0.1, 0.15) is 13.3 Å². The second kappa shape index (κ2) is 7.25. The van der Waals surface area contributed by atoms with Crippen LogP contribution >= 0.6 is 35.1 Å². The van der Waals surface area contributed by atoms with Crippen molar-refractivity contribution >= 4 is 40.9 Å². The lowest BCUT2D eigenvalue weighted by Gasteiger charge is -2.16. The van der Waals surface area contributed by atoms with Gasteiger partial charge in [0.15, 0.2) is 5.16 Å². The molecule has 0 bridgehead atoms. The van der Waals surface area contributed by atoms with Gasteiger partial charge in [-0.1, -0.05) is 30.3 Å². The zero-order chi connectivity index (χ0) is 12.0. The first-order chi connectivity index (χ1) is 7.69. The van der Waals surface area contributed by atoms with Gasteiger partial charge in [-0.05, 0) is 18.9 Å². The first-order valence-corrected chi connectivity index (χ1v) is 8.03. The van der Waals surface area contributed by atoms with E-state index in [0.29, 0.717) is 16.4 Å². The smallest absolute Gasteiger partial charge is 0.190 e. The number of rotatable bonds is 6. The third-order valence-corrected chi connectivity index (χ3v) is 3.55. The molecular formula is C10H16ClN3S2. The number of hydrogen-bond acceptors (Lipinski definition) is 5. The van der Waals surface area contributed by atoms with Gasteiger partial charge < -0.3 is 5.32 Å². The Morgan fingerprint density at radius 1 is 1.44 bits per heavy atom. The summed E-state index contributed by atoms with van der Waals surface area (Å²) in [5, 5.41) is 4.57. The van der Waals surface area contributed by atoms with E-state index in [1.807, 2.05) is 18.0 Å². The average molecular weight is 278 g/mol. The van der Waals surface area contributed by atoms with E-state index in [2.05, 4.69) is 28.5 Å². The van der Waals surface area contributed by atoms with Crippen LogP contribution in [0.25, 0.3) is 0 Å². The molecule has 0 saturated carbocycles. The molecule has 0 amide bonds. The number of anilines is 1. The highest BCUT2D eigenvalue weighted by molar-refractivity contribution is 7.98. The van der Waals surface area contributed by atoms with Crippen molar-refractivity contribution in [2.24, 2.45) is 0 Å². The van der Waals surface area contributed by atoms with Crippen LogP contribution in [0.4, 0.5) is 5.82 Å². The highest BCUT2D eigenvalue weighted by atomic mass is 35.5. The fourth-order valence-corrected chi connectivity index (χ4v) is 2.57. The van der Waals surface area contributed by atoms with Gasteiger partial charge in [-0.3, -0.25) is 0 Å². The van der Waals surface area contributed by atoms with Crippen LogP contribution in [0.2, 0.25) is 5.15 Å². The Morgan fingerprint density at radius 3 is 2.75 bits per heavy atom. The minimum absolute atomic E-state index is 0.427. The van der Waals surface area contributed by atoms with Gasteiger partial charge in [0.25, 0.3) is 0 Å². The minimum Gasteiger partial charge on any atom is -0.366 e. The molecule has 1 aromatic heterocycles. The van der Waals surface area contributed by atoms with E-state index in [9.17, 15) is 0 Å². The normalized spacial score (nSPS) is 12.5. The largest absolute Gasteiger partial charge is 0.366 e. The topological polar surface area (TPSA) is 37.8 Å². The molecule has 16 heavy (non-hydrogen) atoms. The summed E-state index contributed by atoms with van der Waals surface area (Å²) >= 11 is 9.24. The van der Waals surface area contributed by atoms with E-state index in [0.717, 1.165) is 18.0 Å². The van der Waals surface area contributed by atoms with Gasteiger partial charge in [-0.2, -0.15) is 11.8 Å². The van der Waals surface area contributed by atoms with Crippen molar-refractivity contribution in [2.45, 2.75) is 24.5 Å². The zero-order valence-electron chi connectivity index (χ0n) is 9.66. The molecule has 1 unspecified atom stereocenters. The van der Waals surface area contributed by atoms with Crippen molar-refractivity contribution in [3.05, 3.63) is 11.2 Å². The maximum atomic E-state index is 5.92. The van der Waals surface area contributed by atoms with Gasteiger partial charge in [-0.15, -0.1) is 0 Å². The van der Waals surface area contributed by atoms with Crippen LogP contribution in [0.5, 0.6) is 0 Å². The second-order valence-electron chi connectivity index (χ2n) is 3.27. The third kappa shape index (κ3) is 4.39. The molecule has 0 radical (unpaired) electrons. The SMILES string of the molecule is CCC(CSC)Nc1cc(Cl)nc(SC)n1. The fraction of sp³-hybridized carbons (Fsp3) is 0.600. The average Bonchev–Trinajstić information content (AvgIpc) is 2.27. The van der Waals surface area contributed by atoms with Gasteiger partial charge in [0, 0.05) is 17.9 Å². The molecule has 0 aliphatic carbocycles. The molecule has 0 aromatic carbocycles. The lowest BCUT2D eigenvalue weighted by atomic mass is 10.2. The fourth-order valence-electron chi connectivity index (χ4n) is 1.23. The molecule has 0 spiro atoms. The molecule has 1 atom stereocenters. The molecule has 1 aromatic rings. The molecule has 1 N–H and O–H groups in total. The highest BCUT2D eigenvalue weighted by Crippen LogP contribution is 2.18. The molecule has 0 aliphatic rings. The van der Waals surface area contributed by atoms with Crippen molar-refractivity contribution in [3.63, 3.8) is 0 Å². The number of nitrogens with one attached hydrogen (secondary N) is 1. The Kier molecular flexibility index (Phi) is 6.31. The molecule has 3 nitrogen and oxygen atoms in total. The van der Waals surface area contributed by atoms with E-state index >= 15 is 0 Å².